The summed E-state index contributed by atoms with van der Waals surface area (Å²) in [5.41, 5.74) is -0.416. The summed E-state index contributed by atoms with van der Waals surface area (Å²) in [5, 5.41) is 12.7. The van der Waals surface area contributed by atoms with Crippen LogP contribution in [-0.4, -0.2) is 60.6 Å². The molecule has 0 rings (SSSR count). The van der Waals surface area contributed by atoms with E-state index in [1.54, 1.807) is 0 Å². The summed E-state index contributed by atoms with van der Waals surface area (Å²) in [4.78, 5) is 4.97. The number of hydrogen-bond acceptors (Lipinski definition) is 4. The van der Waals surface area contributed by atoms with Crippen LogP contribution in [0.2, 0.25) is 0 Å². The van der Waals surface area contributed by atoms with Crippen LogP contribution in [0.25, 0.3) is 0 Å². The van der Waals surface area contributed by atoms with Crippen molar-refractivity contribution in [2.45, 2.75) is 66.0 Å². The van der Waals surface area contributed by atoms with Crippen LogP contribution in [0.15, 0.2) is 0 Å². The van der Waals surface area contributed by atoms with E-state index in [1.807, 2.05) is 6.92 Å². The Hall–Kier alpha value is -0.630. The molecule has 0 fully saturated rings. The average molecular weight is 297 g/mol. The SMILES string of the molecule is CCNC(C)(C#N)CC(C)N(CC)CCCN(CC)CC. The lowest BCUT2D eigenvalue weighted by atomic mass is 9.94. The van der Waals surface area contributed by atoms with Crippen molar-refractivity contribution in [3.05, 3.63) is 0 Å². The average Bonchev–Trinajstić information content (AvgIpc) is 2.47. The van der Waals surface area contributed by atoms with Crippen molar-refractivity contribution in [3.63, 3.8) is 0 Å². The van der Waals surface area contributed by atoms with E-state index in [0.29, 0.717) is 6.04 Å². The summed E-state index contributed by atoms with van der Waals surface area (Å²) in [6.07, 6.45) is 2.07. The number of rotatable bonds is 12. The third kappa shape index (κ3) is 7.80. The van der Waals surface area contributed by atoms with E-state index >= 15 is 0 Å². The molecule has 0 spiro atoms. The zero-order valence-electron chi connectivity index (χ0n) is 15.1. The third-order valence-electron chi connectivity index (χ3n) is 4.36. The van der Waals surface area contributed by atoms with Gasteiger partial charge in [0.2, 0.25) is 0 Å². The zero-order valence-corrected chi connectivity index (χ0v) is 15.1. The smallest absolute Gasteiger partial charge is 0.105 e. The van der Waals surface area contributed by atoms with E-state index in [4.69, 9.17) is 0 Å². The molecule has 4 nitrogen and oxygen atoms in total. The van der Waals surface area contributed by atoms with Crippen molar-refractivity contribution < 1.29 is 0 Å². The highest BCUT2D eigenvalue weighted by Crippen LogP contribution is 2.16. The highest BCUT2D eigenvalue weighted by Gasteiger charge is 2.27. The molecule has 0 aliphatic rings. The Balaban J connectivity index is 4.35. The first kappa shape index (κ1) is 20.4. The van der Waals surface area contributed by atoms with Crippen molar-refractivity contribution in [2.75, 3.05) is 39.3 Å². The number of nitrogens with one attached hydrogen (secondary N) is 1. The predicted octanol–water partition coefficient (Wildman–Crippen LogP) is 2.71. The molecule has 2 unspecified atom stereocenters. The highest BCUT2D eigenvalue weighted by molar-refractivity contribution is 5.05. The molecule has 0 aliphatic heterocycles. The molecule has 2 atom stereocenters. The highest BCUT2D eigenvalue weighted by atomic mass is 15.2. The van der Waals surface area contributed by atoms with Crippen molar-refractivity contribution in [2.24, 2.45) is 0 Å². The van der Waals surface area contributed by atoms with Gasteiger partial charge in [0.1, 0.15) is 5.54 Å². The van der Waals surface area contributed by atoms with E-state index in [-0.39, 0.29) is 0 Å². The van der Waals surface area contributed by atoms with Crippen LogP contribution >= 0.6 is 0 Å². The molecule has 0 aromatic heterocycles. The van der Waals surface area contributed by atoms with E-state index in [9.17, 15) is 5.26 Å². The molecule has 0 aliphatic carbocycles. The fourth-order valence-electron chi connectivity index (χ4n) is 2.99. The van der Waals surface area contributed by atoms with Crippen molar-refractivity contribution in [1.82, 2.24) is 15.1 Å². The van der Waals surface area contributed by atoms with Gasteiger partial charge in [-0.1, -0.05) is 27.7 Å². The van der Waals surface area contributed by atoms with Gasteiger partial charge in [0.25, 0.3) is 0 Å². The van der Waals surface area contributed by atoms with Gasteiger partial charge in [-0.25, -0.2) is 0 Å². The number of nitriles is 1. The second kappa shape index (κ2) is 11.0. The third-order valence-corrected chi connectivity index (χ3v) is 4.36. The van der Waals surface area contributed by atoms with E-state index < -0.39 is 5.54 Å². The van der Waals surface area contributed by atoms with E-state index in [0.717, 1.165) is 39.1 Å². The van der Waals surface area contributed by atoms with Gasteiger partial charge in [0, 0.05) is 6.04 Å². The molecule has 0 saturated heterocycles. The van der Waals surface area contributed by atoms with Crippen LogP contribution in [0, 0.1) is 11.3 Å². The summed E-state index contributed by atoms with van der Waals surface area (Å²) in [7, 11) is 0. The minimum atomic E-state index is -0.416. The molecule has 0 heterocycles. The first-order valence-electron chi connectivity index (χ1n) is 8.58. The maximum Gasteiger partial charge on any atom is 0.105 e. The fraction of sp³-hybridized carbons (Fsp3) is 0.941. The summed E-state index contributed by atoms with van der Waals surface area (Å²) >= 11 is 0. The van der Waals surface area contributed by atoms with Gasteiger partial charge in [-0.05, 0) is 66.0 Å². The largest absolute Gasteiger partial charge is 0.304 e. The van der Waals surface area contributed by atoms with Gasteiger partial charge in [0.05, 0.1) is 6.07 Å². The molecule has 21 heavy (non-hydrogen) atoms. The quantitative estimate of drug-likeness (QED) is 0.601. The first-order valence-corrected chi connectivity index (χ1v) is 8.58. The molecule has 4 heteroatoms. The van der Waals surface area contributed by atoms with E-state index in [1.165, 1.54) is 13.0 Å². The molecular weight excluding hydrogens is 260 g/mol. The minimum absolute atomic E-state index is 0.416. The Morgan fingerprint density at radius 1 is 1.10 bits per heavy atom. The van der Waals surface area contributed by atoms with Gasteiger partial charge in [-0.3, -0.25) is 5.32 Å². The van der Waals surface area contributed by atoms with E-state index in [2.05, 4.69) is 55.8 Å². The Morgan fingerprint density at radius 3 is 2.14 bits per heavy atom. The predicted molar refractivity (Wildman–Crippen MR) is 91.4 cm³/mol. The zero-order chi connectivity index (χ0) is 16.3. The minimum Gasteiger partial charge on any atom is -0.304 e. The standard InChI is InChI=1S/C17H36N4/c1-7-19-17(6,15-18)14-16(5)21(10-4)13-11-12-20(8-2)9-3/h16,19H,7-14H2,1-6H3. The molecule has 0 saturated carbocycles. The molecule has 0 amide bonds. The lowest BCUT2D eigenvalue weighted by Gasteiger charge is -2.34. The second-order valence-corrected chi connectivity index (χ2v) is 6.04. The van der Waals surface area contributed by atoms with Crippen molar-refractivity contribution >= 4 is 0 Å². The molecule has 124 valence electrons. The van der Waals surface area contributed by atoms with Gasteiger partial charge in [0.15, 0.2) is 0 Å². The lowest BCUT2D eigenvalue weighted by molar-refractivity contribution is 0.172. The van der Waals surface area contributed by atoms with Crippen LogP contribution in [0.5, 0.6) is 0 Å². The van der Waals surface area contributed by atoms with Crippen molar-refractivity contribution in [3.8, 4) is 6.07 Å². The first-order chi connectivity index (χ1) is 9.96. The Morgan fingerprint density at radius 2 is 1.71 bits per heavy atom. The van der Waals surface area contributed by atoms with Crippen LogP contribution in [0.1, 0.15) is 54.4 Å². The van der Waals surface area contributed by atoms with Gasteiger partial charge >= 0.3 is 0 Å². The molecule has 0 bridgehead atoms. The van der Waals surface area contributed by atoms with Crippen LogP contribution < -0.4 is 5.32 Å². The molecular formula is C17H36N4. The lowest BCUT2D eigenvalue weighted by Crippen LogP contribution is -2.47. The summed E-state index contributed by atoms with van der Waals surface area (Å²) < 4.78 is 0. The summed E-state index contributed by atoms with van der Waals surface area (Å²) in [6.45, 7) is 19.4. The molecule has 0 radical (unpaired) electrons. The van der Waals surface area contributed by atoms with Gasteiger partial charge in [-0.15, -0.1) is 0 Å². The van der Waals surface area contributed by atoms with Gasteiger partial charge in [-0.2, -0.15) is 5.26 Å². The summed E-state index contributed by atoms with van der Waals surface area (Å²) in [6, 6.07) is 2.86. The topological polar surface area (TPSA) is 42.3 Å². The van der Waals surface area contributed by atoms with Crippen LogP contribution in [0.3, 0.4) is 0 Å². The Bertz CT molecular complexity index is 296. The molecule has 0 aromatic rings. The molecule has 1 N–H and O–H groups in total. The Kier molecular flexibility index (Phi) is 10.7. The summed E-state index contributed by atoms with van der Waals surface area (Å²) in [5.74, 6) is 0. The Labute approximate surface area is 132 Å². The van der Waals surface area contributed by atoms with Crippen LogP contribution in [0.4, 0.5) is 0 Å². The maximum atomic E-state index is 9.39. The van der Waals surface area contributed by atoms with Crippen LogP contribution in [-0.2, 0) is 0 Å². The number of hydrogen-bond donors (Lipinski definition) is 1. The van der Waals surface area contributed by atoms with Crippen molar-refractivity contribution in [1.29, 1.82) is 5.26 Å². The monoisotopic (exact) mass is 296 g/mol. The molecule has 0 aromatic carbocycles. The fourth-order valence-corrected chi connectivity index (χ4v) is 2.99. The maximum absolute atomic E-state index is 9.39. The van der Waals surface area contributed by atoms with Gasteiger partial charge < -0.3 is 9.80 Å². The normalized spacial score (nSPS) is 16.0. The number of nitrogens with zero attached hydrogens (tertiary/aromatic N) is 3. The second-order valence-electron chi connectivity index (χ2n) is 6.04.